The third-order valence-electron chi connectivity index (χ3n) is 4.04. The van der Waals surface area contributed by atoms with Gasteiger partial charge in [-0.15, -0.1) is 0 Å². The number of thiocarbonyl (C=S) groups is 1. The highest BCUT2D eigenvalue weighted by Gasteiger charge is 2.34. The van der Waals surface area contributed by atoms with Gasteiger partial charge in [0.1, 0.15) is 5.76 Å². The van der Waals surface area contributed by atoms with Gasteiger partial charge >= 0.3 is 0 Å². The molecule has 1 aliphatic heterocycles. The van der Waals surface area contributed by atoms with E-state index >= 15 is 0 Å². The van der Waals surface area contributed by atoms with Crippen molar-refractivity contribution in [2.45, 2.75) is 6.92 Å². The molecule has 8 heteroatoms. The van der Waals surface area contributed by atoms with Crippen molar-refractivity contribution in [2.75, 3.05) is 0 Å². The number of nitrogens with one attached hydrogen (secondary N) is 1. The molecule has 0 atom stereocenters. The summed E-state index contributed by atoms with van der Waals surface area (Å²) in [7, 11) is 0. The summed E-state index contributed by atoms with van der Waals surface area (Å²) in [6.07, 6.45) is 4.90. The van der Waals surface area contributed by atoms with Gasteiger partial charge in [-0.2, -0.15) is 5.01 Å². The molecule has 0 unspecified atom stereocenters. The number of aryl methyl sites for hydroxylation is 1. The van der Waals surface area contributed by atoms with E-state index in [0.29, 0.717) is 16.2 Å². The topological polar surface area (TPSA) is 75.4 Å². The van der Waals surface area contributed by atoms with Crippen LogP contribution in [-0.2, 0) is 4.79 Å². The van der Waals surface area contributed by atoms with Crippen LogP contribution >= 0.6 is 24.0 Å². The van der Waals surface area contributed by atoms with Crippen LogP contribution in [0.4, 0.5) is 0 Å². The Morgan fingerprint density at radius 1 is 1.33 bits per heavy atom. The maximum atomic E-state index is 12.7. The van der Waals surface area contributed by atoms with Gasteiger partial charge in [-0.05, 0) is 55.0 Å². The van der Waals surface area contributed by atoms with E-state index in [1.54, 1.807) is 25.3 Å². The first-order valence-corrected chi connectivity index (χ1v) is 9.23. The summed E-state index contributed by atoms with van der Waals surface area (Å²) in [5.74, 6) is -0.348. The summed E-state index contributed by atoms with van der Waals surface area (Å²) in [6.45, 7) is 1.67. The lowest BCUT2D eigenvalue weighted by molar-refractivity contribution is -0.123. The quantitative estimate of drug-likeness (QED) is 0.539. The minimum Gasteiger partial charge on any atom is -0.469 e. The summed E-state index contributed by atoms with van der Waals surface area (Å²) >= 11 is 6.39. The lowest BCUT2D eigenvalue weighted by Crippen LogP contribution is -2.44. The predicted molar refractivity (Wildman–Crippen MR) is 108 cm³/mol. The Bertz CT molecular complexity index is 1120. The van der Waals surface area contributed by atoms with Crippen LogP contribution in [0.3, 0.4) is 0 Å². The molecule has 1 N–H and O–H groups in total. The van der Waals surface area contributed by atoms with Gasteiger partial charge in [-0.1, -0.05) is 23.9 Å². The Morgan fingerprint density at radius 2 is 2.19 bits per heavy atom. The first kappa shape index (κ1) is 17.4. The minimum atomic E-state index is -0.449. The number of aromatic nitrogens is 1. The van der Waals surface area contributed by atoms with Crippen molar-refractivity contribution in [3.63, 3.8) is 0 Å². The van der Waals surface area contributed by atoms with E-state index in [4.69, 9.17) is 16.6 Å². The van der Waals surface area contributed by atoms with Crippen LogP contribution in [0.1, 0.15) is 21.7 Å². The molecule has 27 heavy (non-hydrogen) atoms. The van der Waals surface area contributed by atoms with Gasteiger partial charge in [0.25, 0.3) is 11.8 Å². The maximum Gasteiger partial charge on any atom is 0.285 e. The van der Waals surface area contributed by atoms with Crippen LogP contribution in [0, 0.1) is 6.92 Å². The number of hydrazine groups is 1. The number of hydrogen-bond donors (Lipinski definition) is 1. The molecule has 1 aliphatic rings. The number of rotatable bonds is 3. The van der Waals surface area contributed by atoms with Crippen molar-refractivity contribution in [1.29, 1.82) is 0 Å². The number of fused-ring (bicyclic) bond motifs is 1. The summed E-state index contributed by atoms with van der Waals surface area (Å²) in [6, 6.07) is 11.1. The molecule has 6 nitrogen and oxygen atoms in total. The SMILES string of the molecule is Cc1occc1C(=O)NN1C(=O)/C(=C/c2ccc3ncccc3c2)SC1=S. The fraction of sp³-hybridized carbons (Fsp3) is 0.0526. The van der Waals surface area contributed by atoms with E-state index in [1.807, 2.05) is 30.3 Å². The fourth-order valence-electron chi connectivity index (χ4n) is 2.68. The Labute approximate surface area is 164 Å². The van der Waals surface area contributed by atoms with Crippen molar-refractivity contribution in [3.05, 3.63) is 70.7 Å². The van der Waals surface area contributed by atoms with Crippen LogP contribution in [-0.4, -0.2) is 26.1 Å². The number of thioether (sulfide) groups is 1. The van der Waals surface area contributed by atoms with Crippen molar-refractivity contribution in [2.24, 2.45) is 0 Å². The molecule has 0 radical (unpaired) electrons. The van der Waals surface area contributed by atoms with Crippen LogP contribution in [0.15, 0.2) is 58.2 Å². The number of benzene rings is 1. The van der Waals surface area contributed by atoms with E-state index in [0.717, 1.165) is 33.2 Å². The normalized spacial score (nSPS) is 15.7. The highest BCUT2D eigenvalue weighted by molar-refractivity contribution is 8.26. The minimum absolute atomic E-state index is 0.267. The molecule has 3 aromatic rings. The number of hydrogen-bond acceptors (Lipinski definition) is 6. The Kier molecular flexibility index (Phi) is 4.51. The number of pyridine rings is 1. The lowest BCUT2D eigenvalue weighted by atomic mass is 10.1. The number of nitrogens with zero attached hydrogens (tertiary/aromatic N) is 2. The second-order valence-electron chi connectivity index (χ2n) is 5.80. The van der Waals surface area contributed by atoms with Gasteiger partial charge < -0.3 is 4.42 Å². The highest BCUT2D eigenvalue weighted by Crippen LogP contribution is 2.32. The number of amides is 2. The highest BCUT2D eigenvalue weighted by atomic mass is 32.2. The second-order valence-corrected chi connectivity index (χ2v) is 7.48. The zero-order chi connectivity index (χ0) is 19.0. The third kappa shape index (κ3) is 3.36. The maximum absolute atomic E-state index is 12.7. The molecule has 3 heterocycles. The molecule has 4 rings (SSSR count). The van der Waals surface area contributed by atoms with Gasteiger partial charge in [-0.25, -0.2) is 0 Å². The number of carbonyl (C=O) groups is 2. The zero-order valence-electron chi connectivity index (χ0n) is 14.1. The van der Waals surface area contributed by atoms with Crippen LogP contribution in [0.25, 0.3) is 17.0 Å². The summed E-state index contributed by atoms with van der Waals surface area (Å²) < 4.78 is 5.39. The largest absolute Gasteiger partial charge is 0.469 e. The standard InChI is InChI=1S/C19H13N3O3S2/c1-11-14(6-8-25-11)17(23)21-22-18(24)16(27-19(22)26)10-12-4-5-15-13(9-12)3-2-7-20-15/h2-10H,1H3,(H,21,23)/b16-10-. The van der Waals surface area contributed by atoms with Crippen molar-refractivity contribution < 1.29 is 14.0 Å². The summed E-state index contributed by atoms with van der Waals surface area (Å²) in [4.78, 5) is 29.7. The zero-order valence-corrected chi connectivity index (χ0v) is 15.8. The van der Waals surface area contributed by atoms with E-state index in [1.165, 1.54) is 6.26 Å². The van der Waals surface area contributed by atoms with Gasteiger partial charge in [0.2, 0.25) is 0 Å². The molecular weight excluding hydrogens is 382 g/mol. The number of carbonyl (C=O) groups excluding carboxylic acids is 2. The molecule has 1 fully saturated rings. The van der Waals surface area contributed by atoms with Crippen molar-refractivity contribution >= 4 is 57.1 Å². The fourth-order valence-corrected chi connectivity index (χ4v) is 3.86. The Balaban J connectivity index is 1.57. The summed E-state index contributed by atoms with van der Waals surface area (Å²) in [5, 5.41) is 2.06. The summed E-state index contributed by atoms with van der Waals surface area (Å²) in [5.41, 5.74) is 4.63. The van der Waals surface area contributed by atoms with Gasteiger partial charge in [0.15, 0.2) is 4.32 Å². The van der Waals surface area contributed by atoms with Crippen LogP contribution in [0.2, 0.25) is 0 Å². The van der Waals surface area contributed by atoms with Crippen molar-refractivity contribution in [3.8, 4) is 0 Å². The molecule has 2 aromatic heterocycles. The Hall–Kier alpha value is -2.97. The molecule has 1 aromatic carbocycles. The molecule has 0 saturated carbocycles. The Morgan fingerprint density at radius 3 is 2.96 bits per heavy atom. The van der Waals surface area contributed by atoms with Crippen molar-refractivity contribution in [1.82, 2.24) is 15.4 Å². The van der Waals surface area contributed by atoms with Crippen LogP contribution < -0.4 is 5.43 Å². The molecular formula is C19H13N3O3S2. The third-order valence-corrected chi connectivity index (χ3v) is 5.34. The second kappa shape index (κ2) is 6.98. The van der Waals surface area contributed by atoms with E-state index < -0.39 is 5.91 Å². The molecule has 134 valence electrons. The first-order chi connectivity index (χ1) is 13.0. The van der Waals surface area contributed by atoms with Gasteiger partial charge in [0, 0.05) is 11.6 Å². The molecule has 0 aliphatic carbocycles. The van der Waals surface area contributed by atoms with E-state index in [2.05, 4.69) is 10.4 Å². The van der Waals surface area contributed by atoms with Gasteiger partial charge in [0.05, 0.1) is 22.2 Å². The van der Waals surface area contributed by atoms with E-state index in [9.17, 15) is 9.59 Å². The number of furan rings is 1. The van der Waals surface area contributed by atoms with E-state index in [-0.39, 0.29) is 10.2 Å². The monoisotopic (exact) mass is 395 g/mol. The predicted octanol–water partition coefficient (Wildman–Crippen LogP) is 3.68. The average molecular weight is 395 g/mol. The van der Waals surface area contributed by atoms with Gasteiger partial charge in [-0.3, -0.25) is 20.0 Å². The first-order valence-electron chi connectivity index (χ1n) is 8.01. The molecule has 1 saturated heterocycles. The molecule has 0 bridgehead atoms. The smallest absolute Gasteiger partial charge is 0.285 e. The average Bonchev–Trinajstić information content (AvgIpc) is 3.20. The molecule has 2 amide bonds. The molecule has 0 spiro atoms. The van der Waals surface area contributed by atoms with Crippen LogP contribution in [0.5, 0.6) is 0 Å². The lowest BCUT2D eigenvalue weighted by Gasteiger charge is -2.15.